The standard InChI is InChI=1S/C29H42O3/c1-3-5-7-9-11-13-15-25-16-20-28(21-17-25)32-29(30)26-18-22-27(23-19-26)31-24-14-12-10-8-6-4-2/h16-23H,3-15,24H2,1-2H3. The third-order valence-electron chi connectivity index (χ3n) is 5.81. The highest BCUT2D eigenvalue weighted by molar-refractivity contribution is 5.91. The van der Waals surface area contributed by atoms with Crippen LogP contribution in [-0.4, -0.2) is 12.6 Å². The highest BCUT2D eigenvalue weighted by atomic mass is 16.5. The minimum Gasteiger partial charge on any atom is -0.494 e. The Morgan fingerprint density at radius 2 is 1.16 bits per heavy atom. The highest BCUT2D eigenvalue weighted by Gasteiger charge is 2.09. The highest BCUT2D eigenvalue weighted by Crippen LogP contribution is 2.18. The van der Waals surface area contributed by atoms with Gasteiger partial charge in [-0.25, -0.2) is 4.79 Å². The van der Waals surface area contributed by atoms with E-state index < -0.39 is 0 Å². The molecule has 0 unspecified atom stereocenters. The lowest BCUT2D eigenvalue weighted by atomic mass is 10.0. The molecule has 2 aromatic rings. The summed E-state index contributed by atoms with van der Waals surface area (Å²) < 4.78 is 11.3. The predicted octanol–water partition coefficient (Wildman–Crippen LogP) is 8.55. The Morgan fingerprint density at radius 1 is 0.625 bits per heavy atom. The number of ether oxygens (including phenoxy) is 2. The van der Waals surface area contributed by atoms with E-state index in [9.17, 15) is 4.79 Å². The average molecular weight is 439 g/mol. The van der Waals surface area contributed by atoms with Crippen LogP contribution in [-0.2, 0) is 6.42 Å². The van der Waals surface area contributed by atoms with Gasteiger partial charge in [-0.1, -0.05) is 90.2 Å². The van der Waals surface area contributed by atoms with E-state index in [1.807, 2.05) is 24.3 Å². The molecule has 0 heterocycles. The maximum atomic E-state index is 12.4. The zero-order chi connectivity index (χ0) is 22.9. The van der Waals surface area contributed by atoms with Gasteiger partial charge in [-0.3, -0.25) is 0 Å². The minimum atomic E-state index is -0.337. The molecular formula is C29H42O3. The summed E-state index contributed by atoms with van der Waals surface area (Å²) in [5.41, 5.74) is 1.83. The maximum Gasteiger partial charge on any atom is 0.343 e. The number of carbonyl (C=O) groups is 1. The minimum absolute atomic E-state index is 0.337. The molecule has 32 heavy (non-hydrogen) atoms. The van der Waals surface area contributed by atoms with Crippen molar-refractivity contribution in [2.24, 2.45) is 0 Å². The largest absolute Gasteiger partial charge is 0.494 e. The molecule has 0 amide bonds. The Balaban J connectivity index is 1.67. The third-order valence-corrected chi connectivity index (χ3v) is 5.81. The fourth-order valence-electron chi connectivity index (χ4n) is 3.76. The molecule has 0 aliphatic carbocycles. The van der Waals surface area contributed by atoms with E-state index in [2.05, 4.69) is 26.0 Å². The molecule has 0 saturated heterocycles. The average Bonchev–Trinajstić information content (AvgIpc) is 2.82. The first-order valence-corrected chi connectivity index (χ1v) is 12.8. The quantitative estimate of drug-likeness (QED) is 0.141. The van der Waals surface area contributed by atoms with E-state index in [4.69, 9.17) is 9.47 Å². The monoisotopic (exact) mass is 438 g/mol. The van der Waals surface area contributed by atoms with Gasteiger partial charge in [0.25, 0.3) is 0 Å². The second-order valence-corrected chi connectivity index (χ2v) is 8.69. The van der Waals surface area contributed by atoms with Crippen LogP contribution in [0.1, 0.15) is 107 Å². The number of carbonyl (C=O) groups excluding carboxylic acids is 1. The smallest absolute Gasteiger partial charge is 0.343 e. The summed E-state index contributed by atoms with van der Waals surface area (Å²) in [5, 5.41) is 0. The molecule has 3 heteroatoms. The number of benzene rings is 2. The van der Waals surface area contributed by atoms with Crippen LogP contribution in [0.15, 0.2) is 48.5 Å². The summed E-state index contributed by atoms with van der Waals surface area (Å²) >= 11 is 0. The van der Waals surface area contributed by atoms with Crippen LogP contribution in [0.5, 0.6) is 11.5 Å². The molecule has 0 fully saturated rings. The van der Waals surface area contributed by atoms with Gasteiger partial charge < -0.3 is 9.47 Å². The molecule has 0 aromatic heterocycles. The molecule has 0 spiro atoms. The Hall–Kier alpha value is -2.29. The van der Waals surface area contributed by atoms with Gasteiger partial charge in [0.05, 0.1) is 12.2 Å². The lowest BCUT2D eigenvalue weighted by molar-refractivity contribution is 0.0734. The number of rotatable bonds is 17. The second-order valence-electron chi connectivity index (χ2n) is 8.69. The van der Waals surface area contributed by atoms with Crippen LogP contribution in [0.3, 0.4) is 0 Å². The first-order valence-electron chi connectivity index (χ1n) is 12.8. The molecule has 0 bridgehead atoms. The van der Waals surface area contributed by atoms with Gasteiger partial charge in [-0.15, -0.1) is 0 Å². The molecule has 2 rings (SSSR count). The normalized spacial score (nSPS) is 10.8. The van der Waals surface area contributed by atoms with E-state index in [1.165, 1.54) is 76.2 Å². The predicted molar refractivity (Wildman–Crippen MR) is 134 cm³/mol. The zero-order valence-electron chi connectivity index (χ0n) is 20.2. The third kappa shape index (κ3) is 10.8. The van der Waals surface area contributed by atoms with Gasteiger partial charge in [0.15, 0.2) is 0 Å². The number of hydrogen-bond donors (Lipinski definition) is 0. The first kappa shape index (κ1) is 26.0. The molecule has 0 aliphatic rings. The summed E-state index contributed by atoms with van der Waals surface area (Å²) in [6.45, 7) is 5.20. The molecule has 0 saturated carbocycles. The zero-order valence-corrected chi connectivity index (χ0v) is 20.2. The molecule has 2 aromatic carbocycles. The molecule has 3 nitrogen and oxygen atoms in total. The van der Waals surface area contributed by atoms with Gasteiger partial charge in [0.1, 0.15) is 11.5 Å². The molecule has 0 N–H and O–H groups in total. The lowest BCUT2D eigenvalue weighted by Crippen LogP contribution is -2.08. The number of unbranched alkanes of at least 4 members (excludes halogenated alkanes) is 10. The molecule has 0 atom stereocenters. The van der Waals surface area contributed by atoms with Gasteiger partial charge in [0, 0.05) is 0 Å². The Kier molecular flexibility index (Phi) is 13.3. The molecule has 0 radical (unpaired) electrons. The van der Waals surface area contributed by atoms with Gasteiger partial charge >= 0.3 is 5.97 Å². The van der Waals surface area contributed by atoms with E-state index >= 15 is 0 Å². The van der Waals surface area contributed by atoms with Crippen LogP contribution < -0.4 is 9.47 Å². The number of esters is 1. The van der Waals surface area contributed by atoms with Crippen LogP contribution in [0.2, 0.25) is 0 Å². The summed E-state index contributed by atoms with van der Waals surface area (Å²) in [7, 11) is 0. The van der Waals surface area contributed by atoms with Crippen LogP contribution in [0.4, 0.5) is 0 Å². The van der Waals surface area contributed by atoms with Crippen molar-refractivity contribution in [3.05, 3.63) is 59.7 Å². The summed E-state index contributed by atoms with van der Waals surface area (Å²) in [6, 6.07) is 15.1. The summed E-state index contributed by atoms with van der Waals surface area (Å²) in [4.78, 5) is 12.4. The fourth-order valence-corrected chi connectivity index (χ4v) is 3.76. The van der Waals surface area contributed by atoms with Crippen LogP contribution in [0, 0.1) is 0 Å². The first-order chi connectivity index (χ1) is 15.7. The number of hydrogen-bond acceptors (Lipinski definition) is 3. The van der Waals surface area contributed by atoms with Gasteiger partial charge in [0.2, 0.25) is 0 Å². The lowest BCUT2D eigenvalue weighted by Gasteiger charge is -2.08. The van der Waals surface area contributed by atoms with Crippen LogP contribution in [0.25, 0.3) is 0 Å². The van der Waals surface area contributed by atoms with Crippen molar-refractivity contribution in [2.75, 3.05) is 6.61 Å². The Morgan fingerprint density at radius 3 is 1.78 bits per heavy atom. The van der Waals surface area contributed by atoms with E-state index in [-0.39, 0.29) is 5.97 Å². The van der Waals surface area contributed by atoms with Crippen molar-refractivity contribution in [2.45, 2.75) is 97.3 Å². The van der Waals surface area contributed by atoms with Crippen molar-refractivity contribution in [1.82, 2.24) is 0 Å². The van der Waals surface area contributed by atoms with Gasteiger partial charge in [-0.2, -0.15) is 0 Å². The molecule has 0 aliphatic heterocycles. The second kappa shape index (κ2) is 16.4. The van der Waals surface area contributed by atoms with Crippen molar-refractivity contribution in [1.29, 1.82) is 0 Å². The summed E-state index contributed by atoms with van der Waals surface area (Å²) in [5.74, 6) is 1.05. The summed E-state index contributed by atoms with van der Waals surface area (Å²) in [6.07, 6.45) is 16.4. The molecule has 176 valence electrons. The maximum absolute atomic E-state index is 12.4. The van der Waals surface area contributed by atoms with E-state index in [0.29, 0.717) is 11.3 Å². The number of aryl methyl sites for hydroxylation is 1. The topological polar surface area (TPSA) is 35.5 Å². The van der Waals surface area contributed by atoms with Crippen molar-refractivity contribution in [3.63, 3.8) is 0 Å². The van der Waals surface area contributed by atoms with Gasteiger partial charge in [-0.05, 0) is 61.2 Å². The SMILES string of the molecule is CCCCCCCCOc1ccc(C(=O)Oc2ccc(CCCCCCCC)cc2)cc1. The Labute approximate surface area is 195 Å². The fraction of sp³-hybridized carbons (Fsp3) is 0.552. The molecular weight excluding hydrogens is 396 g/mol. The van der Waals surface area contributed by atoms with Crippen molar-refractivity contribution >= 4 is 5.97 Å². The van der Waals surface area contributed by atoms with E-state index in [0.717, 1.165) is 25.2 Å². The van der Waals surface area contributed by atoms with E-state index in [1.54, 1.807) is 12.1 Å². The van der Waals surface area contributed by atoms with Crippen LogP contribution >= 0.6 is 0 Å². The Bertz CT molecular complexity index is 734. The van der Waals surface area contributed by atoms with Crippen molar-refractivity contribution in [3.8, 4) is 11.5 Å². The van der Waals surface area contributed by atoms with Crippen molar-refractivity contribution < 1.29 is 14.3 Å².